The molecular formula is C17H18N4O2S. The van der Waals surface area contributed by atoms with Crippen LogP contribution >= 0.6 is 11.3 Å². The number of anilines is 1. The number of carbonyl (C=O) groups is 1. The molecule has 7 heteroatoms. The Morgan fingerprint density at radius 3 is 3.00 bits per heavy atom. The van der Waals surface area contributed by atoms with Gasteiger partial charge < -0.3 is 15.2 Å². The predicted molar refractivity (Wildman–Crippen MR) is 94.2 cm³/mol. The standard InChI is InChI=1S/C17H18N4O2S/c1-9-15(10(2)23-21-9)11-3-4-14-13(7-11)19-17(24-14)20-16(22)12-5-6-18-8-12/h3-4,7,12,18H,5-6,8H2,1-2H3,(H,19,20,22). The van der Waals surface area contributed by atoms with Crippen LogP contribution in [0.15, 0.2) is 22.7 Å². The zero-order chi connectivity index (χ0) is 16.7. The van der Waals surface area contributed by atoms with Gasteiger partial charge in [0.25, 0.3) is 0 Å². The van der Waals surface area contributed by atoms with Crippen molar-refractivity contribution in [2.75, 3.05) is 18.4 Å². The van der Waals surface area contributed by atoms with Crippen molar-refractivity contribution in [2.24, 2.45) is 5.92 Å². The molecule has 1 aliphatic rings. The highest BCUT2D eigenvalue weighted by molar-refractivity contribution is 7.22. The van der Waals surface area contributed by atoms with Crippen molar-refractivity contribution in [1.82, 2.24) is 15.5 Å². The number of carbonyl (C=O) groups excluding carboxylic acids is 1. The van der Waals surface area contributed by atoms with Crippen molar-refractivity contribution < 1.29 is 9.32 Å². The molecule has 1 amide bonds. The van der Waals surface area contributed by atoms with E-state index >= 15 is 0 Å². The maximum Gasteiger partial charge on any atom is 0.230 e. The molecule has 0 aliphatic carbocycles. The third-order valence-corrected chi connectivity index (χ3v) is 5.32. The summed E-state index contributed by atoms with van der Waals surface area (Å²) in [4.78, 5) is 16.8. The van der Waals surface area contributed by atoms with Gasteiger partial charge in [-0.1, -0.05) is 22.6 Å². The van der Waals surface area contributed by atoms with Gasteiger partial charge in [-0.05, 0) is 44.5 Å². The molecular weight excluding hydrogens is 324 g/mol. The van der Waals surface area contributed by atoms with Crippen LogP contribution in [0.1, 0.15) is 17.9 Å². The summed E-state index contributed by atoms with van der Waals surface area (Å²) in [7, 11) is 0. The minimum absolute atomic E-state index is 0.0369. The molecule has 2 aromatic heterocycles. The van der Waals surface area contributed by atoms with Crippen molar-refractivity contribution in [3.05, 3.63) is 29.7 Å². The molecule has 2 N–H and O–H groups in total. The van der Waals surface area contributed by atoms with Gasteiger partial charge in [0.05, 0.1) is 21.8 Å². The molecule has 0 bridgehead atoms. The van der Waals surface area contributed by atoms with E-state index in [0.717, 1.165) is 52.3 Å². The fraction of sp³-hybridized carbons (Fsp3) is 0.353. The van der Waals surface area contributed by atoms with Gasteiger partial charge in [-0.15, -0.1) is 0 Å². The highest BCUT2D eigenvalue weighted by atomic mass is 32.1. The Bertz CT molecular complexity index is 889. The van der Waals surface area contributed by atoms with Gasteiger partial charge in [-0.25, -0.2) is 4.98 Å². The van der Waals surface area contributed by atoms with Crippen LogP contribution in [0.2, 0.25) is 0 Å². The van der Waals surface area contributed by atoms with E-state index in [1.165, 1.54) is 11.3 Å². The predicted octanol–water partition coefficient (Wildman–Crippen LogP) is 3.12. The lowest BCUT2D eigenvalue weighted by atomic mass is 10.0. The van der Waals surface area contributed by atoms with E-state index in [9.17, 15) is 4.79 Å². The first-order valence-electron chi connectivity index (χ1n) is 7.97. The molecule has 1 fully saturated rings. The zero-order valence-corrected chi connectivity index (χ0v) is 14.4. The smallest absolute Gasteiger partial charge is 0.230 e. The lowest BCUT2D eigenvalue weighted by Gasteiger charge is -2.06. The van der Waals surface area contributed by atoms with Gasteiger partial charge in [0.2, 0.25) is 5.91 Å². The molecule has 1 unspecified atom stereocenters. The van der Waals surface area contributed by atoms with Crippen molar-refractivity contribution in [1.29, 1.82) is 0 Å². The Hall–Kier alpha value is -2.25. The van der Waals surface area contributed by atoms with Crippen LogP contribution in [0.3, 0.4) is 0 Å². The van der Waals surface area contributed by atoms with Gasteiger partial charge >= 0.3 is 0 Å². The number of nitrogens with one attached hydrogen (secondary N) is 2. The van der Waals surface area contributed by atoms with Crippen LogP contribution in [0.25, 0.3) is 21.3 Å². The summed E-state index contributed by atoms with van der Waals surface area (Å²) in [6.07, 6.45) is 0.882. The van der Waals surface area contributed by atoms with E-state index in [1.54, 1.807) is 0 Å². The summed E-state index contributed by atoms with van der Waals surface area (Å²) in [6, 6.07) is 6.09. The van der Waals surface area contributed by atoms with Crippen LogP contribution < -0.4 is 10.6 Å². The summed E-state index contributed by atoms with van der Waals surface area (Å²) < 4.78 is 6.29. The number of hydrogen-bond donors (Lipinski definition) is 2. The number of rotatable bonds is 3. The van der Waals surface area contributed by atoms with Gasteiger partial charge in [0.1, 0.15) is 5.76 Å². The Morgan fingerprint density at radius 1 is 1.42 bits per heavy atom. The van der Waals surface area contributed by atoms with Crippen molar-refractivity contribution >= 4 is 32.6 Å². The summed E-state index contributed by atoms with van der Waals surface area (Å²) in [5.74, 6) is 0.879. The fourth-order valence-corrected chi connectivity index (χ4v) is 3.97. The van der Waals surface area contributed by atoms with Gasteiger partial charge in [0, 0.05) is 12.1 Å². The van der Waals surface area contributed by atoms with Gasteiger partial charge in [0.15, 0.2) is 5.13 Å². The highest BCUT2D eigenvalue weighted by Gasteiger charge is 2.23. The van der Waals surface area contributed by atoms with E-state index < -0.39 is 0 Å². The lowest BCUT2D eigenvalue weighted by molar-refractivity contribution is -0.119. The maximum absolute atomic E-state index is 12.2. The van der Waals surface area contributed by atoms with E-state index in [-0.39, 0.29) is 11.8 Å². The third-order valence-electron chi connectivity index (χ3n) is 4.37. The Balaban J connectivity index is 1.63. The summed E-state index contributed by atoms with van der Waals surface area (Å²) in [6.45, 7) is 5.48. The van der Waals surface area contributed by atoms with Crippen molar-refractivity contribution in [3.63, 3.8) is 0 Å². The molecule has 3 heterocycles. The lowest BCUT2D eigenvalue weighted by Crippen LogP contribution is -2.24. The van der Waals surface area contributed by atoms with Gasteiger partial charge in [-0.2, -0.15) is 0 Å². The molecule has 124 valence electrons. The minimum atomic E-state index is 0.0369. The van der Waals surface area contributed by atoms with Crippen LogP contribution in [0.4, 0.5) is 5.13 Å². The monoisotopic (exact) mass is 342 g/mol. The molecule has 0 spiro atoms. The summed E-state index contributed by atoms with van der Waals surface area (Å²) in [5.41, 5.74) is 3.77. The molecule has 1 atom stereocenters. The molecule has 4 rings (SSSR count). The second kappa shape index (κ2) is 5.99. The highest BCUT2D eigenvalue weighted by Crippen LogP contribution is 2.33. The molecule has 1 aliphatic heterocycles. The Labute approximate surface area is 143 Å². The topological polar surface area (TPSA) is 80.0 Å². The van der Waals surface area contributed by atoms with E-state index in [0.29, 0.717) is 5.13 Å². The Morgan fingerprint density at radius 2 is 2.29 bits per heavy atom. The van der Waals surface area contributed by atoms with Crippen LogP contribution in [0, 0.1) is 19.8 Å². The number of amides is 1. The number of aromatic nitrogens is 2. The molecule has 24 heavy (non-hydrogen) atoms. The Kier molecular flexibility index (Phi) is 3.82. The first kappa shape index (κ1) is 15.3. The molecule has 1 aromatic carbocycles. The summed E-state index contributed by atoms with van der Waals surface area (Å²) >= 11 is 1.50. The number of thiazole rings is 1. The van der Waals surface area contributed by atoms with E-state index in [1.807, 2.05) is 32.0 Å². The minimum Gasteiger partial charge on any atom is -0.361 e. The normalized spacial score (nSPS) is 17.5. The fourth-order valence-electron chi connectivity index (χ4n) is 3.12. The maximum atomic E-state index is 12.2. The van der Waals surface area contributed by atoms with Crippen LogP contribution in [-0.4, -0.2) is 29.1 Å². The molecule has 1 saturated heterocycles. The quantitative estimate of drug-likeness (QED) is 0.764. The average Bonchev–Trinajstić information content (AvgIpc) is 3.27. The van der Waals surface area contributed by atoms with Crippen molar-refractivity contribution in [3.8, 4) is 11.1 Å². The zero-order valence-electron chi connectivity index (χ0n) is 13.5. The first-order chi connectivity index (χ1) is 11.6. The first-order valence-corrected chi connectivity index (χ1v) is 8.79. The average molecular weight is 342 g/mol. The number of hydrogen-bond acceptors (Lipinski definition) is 6. The second-order valence-electron chi connectivity index (χ2n) is 6.08. The van der Waals surface area contributed by atoms with Gasteiger partial charge in [-0.3, -0.25) is 4.79 Å². The van der Waals surface area contributed by atoms with Crippen LogP contribution in [-0.2, 0) is 4.79 Å². The number of nitrogens with zero attached hydrogens (tertiary/aromatic N) is 2. The number of aryl methyl sites for hydroxylation is 2. The second-order valence-corrected chi connectivity index (χ2v) is 7.11. The number of fused-ring (bicyclic) bond motifs is 1. The molecule has 0 saturated carbocycles. The van der Waals surface area contributed by atoms with E-state index in [2.05, 4.69) is 20.8 Å². The molecule has 3 aromatic rings. The summed E-state index contributed by atoms with van der Waals surface area (Å²) in [5, 5.41) is 10.8. The third kappa shape index (κ3) is 2.70. The van der Waals surface area contributed by atoms with Crippen molar-refractivity contribution in [2.45, 2.75) is 20.3 Å². The largest absolute Gasteiger partial charge is 0.361 e. The molecule has 0 radical (unpaired) electrons. The SMILES string of the molecule is Cc1noc(C)c1-c1ccc2sc(NC(=O)C3CCNC3)nc2c1. The van der Waals surface area contributed by atoms with E-state index in [4.69, 9.17) is 4.52 Å². The van der Waals surface area contributed by atoms with Crippen LogP contribution in [0.5, 0.6) is 0 Å². The molecule has 6 nitrogen and oxygen atoms in total. The number of benzene rings is 1.